The molecule has 0 saturated carbocycles. The molecule has 68 valence electrons. The van der Waals surface area contributed by atoms with E-state index in [1.54, 1.807) is 0 Å². The Bertz CT molecular complexity index is 291. The van der Waals surface area contributed by atoms with Crippen molar-refractivity contribution in [3.63, 3.8) is 0 Å². The van der Waals surface area contributed by atoms with E-state index in [0.29, 0.717) is 0 Å². The normalized spacial score (nSPS) is 12.3. The Morgan fingerprint density at radius 1 is 1.23 bits per heavy atom. The summed E-state index contributed by atoms with van der Waals surface area (Å²) in [6, 6.07) is 10.4. The molecule has 0 aromatic heterocycles. The van der Waals surface area contributed by atoms with E-state index in [1.807, 2.05) is 6.07 Å². The molecule has 0 bridgehead atoms. The minimum atomic E-state index is 1.08. The third-order valence-corrected chi connectivity index (χ3v) is 1.94. The zero-order valence-electron chi connectivity index (χ0n) is 8.33. The molecule has 0 N–H and O–H groups in total. The summed E-state index contributed by atoms with van der Waals surface area (Å²) < 4.78 is 0. The lowest BCUT2D eigenvalue weighted by Crippen LogP contribution is -1.75. The molecule has 0 aliphatic carbocycles. The molecule has 0 heterocycles. The molecule has 0 fully saturated rings. The Hall–Kier alpha value is -1.30. The van der Waals surface area contributed by atoms with Gasteiger partial charge in [-0.25, -0.2) is 0 Å². The molecule has 1 aromatic carbocycles. The van der Waals surface area contributed by atoms with E-state index in [2.05, 4.69) is 56.3 Å². The maximum Gasteiger partial charge on any atom is -0.0254 e. The van der Waals surface area contributed by atoms with Crippen LogP contribution < -0.4 is 0 Å². The average Bonchev–Trinajstić information content (AvgIpc) is 2.19. The van der Waals surface area contributed by atoms with Gasteiger partial charge in [0.2, 0.25) is 0 Å². The van der Waals surface area contributed by atoms with Crippen molar-refractivity contribution in [1.29, 1.82) is 0 Å². The molecular weight excluding hydrogens is 156 g/mol. The number of rotatable bonds is 3. The van der Waals surface area contributed by atoms with Crippen molar-refractivity contribution in [3.8, 4) is 0 Å². The van der Waals surface area contributed by atoms with Crippen LogP contribution in [0.15, 0.2) is 48.1 Å². The monoisotopic (exact) mass is 172 g/mol. The number of hydrogen-bond acceptors (Lipinski definition) is 0. The molecule has 1 rings (SSSR count). The van der Waals surface area contributed by atoms with Crippen LogP contribution in [0.25, 0.3) is 6.08 Å². The van der Waals surface area contributed by atoms with E-state index in [-0.39, 0.29) is 0 Å². The summed E-state index contributed by atoms with van der Waals surface area (Å²) in [5.41, 5.74) is 2.64. The minimum absolute atomic E-state index is 1.08. The van der Waals surface area contributed by atoms with Gasteiger partial charge in [0.25, 0.3) is 0 Å². The van der Waals surface area contributed by atoms with Crippen molar-refractivity contribution in [1.82, 2.24) is 0 Å². The highest BCUT2D eigenvalue weighted by molar-refractivity contribution is 5.55. The molecule has 0 heteroatoms. The highest BCUT2D eigenvalue weighted by atomic mass is 13.9. The molecule has 0 amide bonds. The zero-order chi connectivity index (χ0) is 9.52. The standard InChI is InChI=1S/C13H16/c1-3-8-12(4-2)11-13-9-6-5-7-10-13/h3,5-11H,4H2,1-2H3/b8-3-,12-11-. The van der Waals surface area contributed by atoms with Gasteiger partial charge in [-0.05, 0) is 24.5 Å². The Morgan fingerprint density at radius 2 is 1.92 bits per heavy atom. The molecule has 1 aromatic rings. The first-order valence-corrected chi connectivity index (χ1v) is 4.75. The number of benzene rings is 1. The van der Waals surface area contributed by atoms with Gasteiger partial charge < -0.3 is 0 Å². The molecule has 0 aliphatic heterocycles. The van der Waals surface area contributed by atoms with Crippen LogP contribution in [-0.2, 0) is 0 Å². The Kier molecular flexibility index (Phi) is 4.04. The van der Waals surface area contributed by atoms with Gasteiger partial charge in [0, 0.05) is 0 Å². The molecule has 0 atom stereocenters. The summed E-state index contributed by atoms with van der Waals surface area (Å²) in [6.07, 6.45) is 7.55. The smallest absolute Gasteiger partial charge is 0.0254 e. The minimum Gasteiger partial charge on any atom is -0.0874 e. The molecule has 0 radical (unpaired) electrons. The predicted molar refractivity (Wildman–Crippen MR) is 59.5 cm³/mol. The van der Waals surface area contributed by atoms with Gasteiger partial charge in [0.05, 0.1) is 0 Å². The van der Waals surface area contributed by atoms with E-state index in [9.17, 15) is 0 Å². The second kappa shape index (κ2) is 5.36. The molecule has 13 heavy (non-hydrogen) atoms. The molecule has 0 saturated heterocycles. The van der Waals surface area contributed by atoms with Gasteiger partial charge in [0.15, 0.2) is 0 Å². The highest BCUT2D eigenvalue weighted by Crippen LogP contribution is 2.10. The third kappa shape index (κ3) is 3.29. The van der Waals surface area contributed by atoms with Crippen LogP contribution in [0.5, 0.6) is 0 Å². The largest absolute Gasteiger partial charge is 0.0874 e. The van der Waals surface area contributed by atoms with Gasteiger partial charge in [-0.3, -0.25) is 0 Å². The predicted octanol–water partition coefficient (Wildman–Crippen LogP) is 4.06. The molecule has 0 aliphatic rings. The maximum atomic E-state index is 2.22. The van der Waals surface area contributed by atoms with Gasteiger partial charge in [-0.1, -0.05) is 55.5 Å². The van der Waals surface area contributed by atoms with Crippen molar-refractivity contribution >= 4 is 6.08 Å². The lowest BCUT2D eigenvalue weighted by Gasteiger charge is -1.97. The zero-order valence-corrected chi connectivity index (χ0v) is 8.33. The van der Waals surface area contributed by atoms with Crippen molar-refractivity contribution in [2.75, 3.05) is 0 Å². The average molecular weight is 172 g/mol. The Labute approximate surface area is 80.6 Å². The second-order valence-electron chi connectivity index (χ2n) is 2.98. The summed E-state index contributed by atoms with van der Waals surface area (Å²) in [6.45, 7) is 4.23. The van der Waals surface area contributed by atoms with E-state index in [0.717, 1.165) is 6.42 Å². The van der Waals surface area contributed by atoms with Crippen molar-refractivity contribution in [2.24, 2.45) is 0 Å². The lowest BCUT2D eigenvalue weighted by molar-refractivity contribution is 1.16. The summed E-state index contributed by atoms with van der Waals surface area (Å²) in [5.74, 6) is 0. The fraction of sp³-hybridized carbons (Fsp3) is 0.231. The summed E-state index contributed by atoms with van der Waals surface area (Å²) >= 11 is 0. The first kappa shape index (κ1) is 9.79. The van der Waals surface area contributed by atoms with Crippen molar-refractivity contribution < 1.29 is 0 Å². The second-order valence-corrected chi connectivity index (χ2v) is 2.98. The van der Waals surface area contributed by atoms with Gasteiger partial charge >= 0.3 is 0 Å². The summed E-state index contributed by atoms with van der Waals surface area (Å²) in [4.78, 5) is 0. The topological polar surface area (TPSA) is 0 Å². The lowest BCUT2D eigenvalue weighted by atomic mass is 10.1. The molecular formula is C13H16. The summed E-state index contributed by atoms with van der Waals surface area (Å²) in [5, 5.41) is 0. The third-order valence-electron chi connectivity index (χ3n) is 1.94. The van der Waals surface area contributed by atoms with Gasteiger partial charge in [-0.15, -0.1) is 0 Å². The first-order chi connectivity index (χ1) is 6.36. The van der Waals surface area contributed by atoms with Crippen molar-refractivity contribution in [2.45, 2.75) is 20.3 Å². The highest BCUT2D eigenvalue weighted by Gasteiger charge is 1.88. The quantitative estimate of drug-likeness (QED) is 0.603. The number of hydrogen-bond donors (Lipinski definition) is 0. The number of allylic oxidation sites excluding steroid dienone is 3. The Morgan fingerprint density at radius 3 is 2.46 bits per heavy atom. The Balaban J connectivity index is 2.85. The van der Waals surface area contributed by atoms with Crippen LogP contribution >= 0.6 is 0 Å². The molecule has 0 spiro atoms. The SMILES string of the molecule is C/C=C\C(=C/c1ccccc1)CC. The fourth-order valence-electron chi connectivity index (χ4n) is 1.25. The van der Waals surface area contributed by atoms with Crippen LogP contribution in [0.1, 0.15) is 25.8 Å². The van der Waals surface area contributed by atoms with Crippen LogP contribution in [-0.4, -0.2) is 0 Å². The van der Waals surface area contributed by atoms with Crippen LogP contribution in [0.2, 0.25) is 0 Å². The van der Waals surface area contributed by atoms with Crippen LogP contribution in [0.4, 0.5) is 0 Å². The van der Waals surface area contributed by atoms with Gasteiger partial charge in [-0.2, -0.15) is 0 Å². The van der Waals surface area contributed by atoms with Crippen molar-refractivity contribution in [3.05, 3.63) is 53.6 Å². The molecule has 0 unspecified atom stereocenters. The molecule has 0 nitrogen and oxygen atoms in total. The van der Waals surface area contributed by atoms with E-state index in [4.69, 9.17) is 0 Å². The fourth-order valence-corrected chi connectivity index (χ4v) is 1.25. The summed E-state index contributed by atoms with van der Waals surface area (Å²) in [7, 11) is 0. The van der Waals surface area contributed by atoms with Crippen LogP contribution in [0.3, 0.4) is 0 Å². The van der Waals surface area contributed by atoms with E-state index >= 15 is 0 Å². The maximum absolute atomic E-state index is 2.22. The first-order valence-electron chi connectivity index (χ1n) is 4.75. The van der Waals surface area contributed by atoms with E-state index in [1.165, 1.54) is 11.1 Å². The van der Waals surface area contributed by atoms with Gasteiger partial charge in [0.1, 0.15) is 0 Å². The van der Waals surface area contributed by atoms with E-state index < -0.39 is 0 Å². The van der Waals surface area contributed by atoms with Crippen LogP contribution in [0, 0.1) is 0 Å².